The Balaban J connectivity index is 1.75. The number of carbonyl (C=O) groups is 1. The summed E-state index contributed by atoms with van der Waals surface area (Å²) >= 11 is 0. The first-order valence-electron chi connectivity index (χ1n) is 7.67. The van der Waals surface area contributed by atoms with Crippen LogP contribution in [0.3, 0.4) is 0 Å². The molecule has 1 atom stereocenters. The van der Waals surface area contributed by atoms with Crippen LogP contribution in [0.1, 0.15) is 28.9 Å². The lowest BCUT2D eigenvalue weighted by atomic mass is 10.1. The second-order valence-electron chi connectivity index (χ2n) is 5.60. The molecule has 2 N–H and O–H groups in total. The molecule has 0 spiro atoms. The molecule has 3 rings (SSSR count). The maximum atomic E-state index is 12.5. The van der Waals surface area contributed by atoms with Crippen LogP contribution in [-0.4, -0.2) is 34.3 Å². The molecule has 8 nitrogen and oxygen atoms in total. The molecular weight excluding hydrogens is 356 g/mol. The fourth-order valence-electron chi connectivity index (χ4n) is 2.40. The van der Waals surface area contributed by atoms with Gasteiger partial charge < -0.3 is 5.11 Å². The SMILES string of the molecule is CC(NS(=O)(=O)c1ccc(C(=O)O)cc1)c1ccc(-n2cncn2)cc1. The van der Waals surface area contributed by atoms with Crippen molar-refractivity contribution >= 4 is 16.0 Å². The van der Waals surface area contributed by atoms with E-state index in [4.69, 9.17) is 5.11 Å². The van der Waals surface area contributed by atoms with Gasteiger partial charge in [0, 0.05) is 6.04 Å². The third-order valence-corrected chi connectivity index (χ3v) is 5.38. The molecule has 0 fully saturated rings. The van der Waals surface area contributed by atoms with Gasteiger partial charge in [0.15, 0.2) is 0 Å². The minimum atomic E-state index is -3.77. The van der Waals surface area contributed by atoms with E-state index in [2.05, 4.69) is 14.8 Å². The second-order valence-corrected chi connectivity index (χ2v) is 7.32. The minimum Gasteiger partial charge on any atom is -0.478 e. The van der Waals surface area contributed by atoms with E-state index in [1.165, 1.54) is 30.6 Å². The van der Waals surface area contributed by atoms with Crippen LogP contribution in [-0.2, 0) is 10.0 Å². The molecule has 0 bridgehead atoms. The molecule has 0 saturated heterocycles. The maximum Gasteiger partial charge on any atom is 0.335 e. The molecule has 26 heavy (non-hydrogen) atoms. The van der Waals surface area contributed by atoms with Gasteiger partial charge in [-0.15, -0.1) is 0 Å². The molecule has 3 aromatic rings. The van der Waals surface area contributed by atoms with Crippen LogP contribution in [0.4, 0.5) is 0 Å². The monoisotopic (exact) mass is 372 g/mol. The summed E-state index contributed by atoms with van der Waals surface area (Å²) in [5, 5.41) is 12.9. The first-order chi connectivity index (χ1) is 12.4. The Hall–Kier alpha value is -3.04. The summed E-state index contributed by atoms with van der Waals surface area (Å²) in [4.78, 5) is 14.7. The van der Waals surface area contributed by atoms with Gasteiger partial charge in [-0.2, -0.15) is 5.10 Å². The predicted octanol–water partition coefficient (Wildman–Crippen LogP) is 2.00. The number of sulfonamides is 1. The van der Waals surface area contributed by atoms with Crippen LogP contribution < -0.4 is 4.72 Å². The summed E-state index contributed by atoms with van der Waals surface area (Å²) in [7, 11) is -3.77. The van der Waals surface area contributed by atoms with Crippen molar-refractivity contribution in [3.8, 4) is 5.69 Å². The van der Waals surface area contributed by atoms with E-state index < -0.39 is 22.0 Å². The molecule has 0 amide bonds. The molecule has 1 aromatic heterocycles. The van der Waals surface area contributed by atoms with Gasteiger partial charge in [0.1, 0.15) is 12.7 Å². The molecular formula is C17H16N4O4S. The Labute approximate surface area is 150 Å². The molecule has 0 aliphatic carbocycles. The van der Waals surface area contributed by atoms with Gasteiger partial charge in [0.05, 0.1) is 16.1 Å². The summed E-state index contributed by atoms with van der Waals surface area (Å²) in [5.41, 5.74) is 1.62. The Morgan fingerprint density at radius 1 is 1.12 bits per heavy atom. The van der Waals surface area contributed by atoms with Crippen molar-refractivity contribution in [2.45, 2.75) is 17.9 Å². The highest BCUT2D eigenvalue weighted by Gasteiger charge is 2.19. The number of aromatic nitrogens is 3. The van der Waals surface area contributed by atoms with E-state index in [0.717, 1.165) is 11.3 Å². The third-order valence-electron chi connectivity index (χ3n) is 3.82. The first-order valence-corrected chi connectivity index (χ1v) is 9.16. The quantitative estimate of drug-likeness (QED) is 0.684. The number of benzene rings is 2. The Bertz CT molecular complexity index is 998. The van der Waals surface area contributed by atoms with Crippen LogP contribution in [0.5, 0.6) is 0 Å². The van der Waals surface area contributed by atoms with Crippen LogP contribution in [0.2, 0.25) is 0 Å². The second kappa shape index (κ2) is 7.06. The molecule has 1 heterocycles. The molecule has 1 unspecified atom stereocenters. The number of rotatable bonds is 6. The topological polar surface area (TPSA) is 114 Å². The van der Waals surface area contributed by atoms with Gasteiger partial charge in [-0.25, -0.2) is 27.6 Å². The lowest BCUT2D eigenvalue weighted by molar-refractivity contribution is 0.0696. The number of nitrogens with zero attached hydrogens (tertiary/aromatic N) is 3. The molecule has 0 aliphatic rings. The highest BCUT2D eigenvalue weighted by molar-refractivity contribution is 7.89. The number of nitrogens with one attached hydrogen (secondary N) is 1. The summed E-state index contributed by atoms with van der Waals surface area (Å²) in [6, 6.07) is 11.8. The van der Waals surface area contributed by atoms with E-state index >= 15 is 0 Å². The number of aromatic carboxylic acids is 1. The van der Waals surface area contributed by atoms with Crippen molar-refractivity contribution in [3.63, 3.8) is 0 Å². The number of hydrogen-bond donors (Lipinski definition) is 2. The fourth-order valence-corrected chi connectivity index (χ4v) is 3.63. The highest BCUT2D eigenvalue weighted by Crippen LogP contribution is 2.19. The predicted molar refractivity (Wildman–Crippen MR) is 93.5 cm³/mol. The van der Waals surface area contributed by atoms with Gasteiger partial charge in [-0.05, 0) is 48.9 Å². The molecule has 2 aromatic carbocycles. The number of carboxylic acids is 1. The summed E-state index contributed by atoms with van der Waals surface area (Å²) < 4.78 is 29.1. The average Bonchev–Trinajstić information content (AvgIpc) is 3.16. The fraction of sp³-hybridized carbons (Fsp3) is 0.118. The summed E-state index contributed by atoms with van der Waals surface area (Å²) in [5.74, 6) is -1.11. The lowest BCUT2D eigenvalue weighted by Crippen LogP contribution is -2.27. The molecule has 0 saturated carbocycles. The first kappa shape index (κ1) is 17.8. The average molecular weight is 372 g/mol. The maximum absolute atomic E-state index is 12.5. The van der Waals surface area contributed by atoms with E-state index in [9.17, 15) is 13.2 Å². The van der Waals surface area contributed by atoms with Gasteiger partial charge in [-0.3, -0.25) is 0 Å². The number of carboxylic acid groups (broad SMARTS) is 1. The summed E-state index contributed by atoms with van der Waals surface area (Å²) in [6.07, 6.45) is 3.00. The highest BCUT2D eigenvalue weighted by atomic mass is 32.2. The standard InChI is InChI=1S/C17H16N4O4S/c1-12(13-2-6-15(7-3-13)21-11-18-10-19-21)20-26(24,25)16-8-4-14(5-9-16)17(22)23/h2-12,20H,1H3,(H,22,23). The van der Waals surface area contributed by atoms with Gasteiger partial charge in [0.25, 0.3) is 0 Å². The van der Waals surface area contributed by atoms with Crippen molar-refractivity contribution < 1.29 is 18.3 Å². The minimum absolute atomic E-state index is 0.00795. The van der Waals surface area contributed by atoms with Crippen LogP contribution in [0.25, 0.3) is 5.69 Å². The van der Waals surface area contributed by atoms with Gasteiger partial charge >= 0.3 is 5.97 Å². The smallest absolute Gasteiger partial charge is 0.335 e. The summed E-state index contributed by atoms with van der Waals surface area (Å²) in [6.45, 7) is 1.73. The van der Waals surface area contributed by atoms with Crippen molar-refractivity contribution in [2.24, 2.45) is 0 Å². The Morgan fingerprint density at radius 3 is 2.31 bits per heavy atom. The van der Waals surface area contributed by atoms with E-state index in [-0.39, 0.29) is 10.5 Å². The molecule has 0 radical (unpaired) electrons. The largest absolute Gasteiger partial charge is 0.478 e. The zero-order valence-electron chi connectivity index (χ0n) is 13.8. The van der Waals surface area contributed by atoms with Crippen LogP contribution in [0.15, 0.2) is 66.1 Å². The van der Waals surface area contributed by atoms with Crippen molar-refractivity contribution in [1.29, 1.82) is 0 Å². The molecule has 9 heteroatoms. The molecule has 0 aliphatic heterocycles. The Kier molecular flexibility index (Phi) is 4.83. The normalized spacial score (nSPS) is 12.7. The third kappa shape index (κ3) is 3.79. The zero-order chi connectivity index (χ0) is 18.7. The Morgan fingerprint density at radius 2 is 1.77 bits per heavy atom. The van der Waals surface area contributed by atoms with Crippen molar-refractivity contribution in [2.75, 3.05) is 0 Å². The zero-order valence-corrected chi connectivity index (χ0v) is 14.6. The van der Waals surface area contributed by atoms with E-state index in [1.807, 2.05) is 12.1 Å². The van der Waals surface area contributed by atoms with Crippen LogP contribution >= 0.6 is 0 Å². The van der Waals surface area contributed by atoms with Crippen LogP contribution in [0, 0.1) is 0 Å². The van der Waals surface area contributed by atoms with Gasteiger partial charge in [0.2, 0.25) is 10.0 Å². The van der Waals surface area contributed by atoms with Gasteiger partial charge in [-0.1, -0.05) is 12.1 Å². The number of hydrogen-bond acceptors (Lipinski definition) is 5. The lowest BCUT2D eigenvalue weighted by Gasteiger charge is -2.15. The van der Waals surface area contributed by atoms with E-state index in [1.54, 1.807) is 30.1 Å². The van der Waals surface area contributed by atoms with Crippen molar-refractivity contribution in [3.05, 3.63) is 72.3 Å². The molecule has 134 valence electrons. The van der Waals surface area contributed by atoms with E-state index in [0.29, 0.717) is 0 Å². The van der Waals surface area contributed by atoms with Crippen molar-refractivity contribution in [1.82, 2.24) is 19.5 Å².